The molecule has 0 aliphatic carbocycles. The number of carboxylic acid groups (broad SMARTS) is 1. The number of rotatable bonds is 4. The summed E-state index contributed by atoms with van der Waals surface area (Å²) in [5.41, 5.74) is -0.154. The maximum Gasteiger partial charge on any atom is 0.328 e. The third-order valence-corrected chi connectivity index (χ3v) is 4.12. The van der Waals surface area contributed by atoms with Gasteiger partial charge in [0.05, 0.1) is 23.8 Å². The Kier molecular flexibility index (Phi) is 4.71. The fourth-order valence-electron chi connectivity index (χ4n) is 2.81. The molecule has 0 saturated carbocycles. The van der Waals surface area contributed by atoms with Crippen molar-refractivity contribution in [3.05, 3.63) is 28.3 Å². The minimum atomic E-state index is -1.21. The molecular weight excluding hydrogens is 350 g/mol. The molecule has 0 aromatic heterocycles. The summed E-state index contributed by atoms with van der Waals surface area (Å²) in [7, 11) is 0. The van der Waals surface area contributed by atoms with Crippen molar-refractivity contribution in [2.75, 3.05) is 37.8 Å². The molecule has 11 nitrogen and oxygen atoms in total. The summed E-state index contributed by atoms with van der Waals surface area (Å²) in [4.78, 5) is 48.6. The van der Waals surface area contributed by atoms with E-state index in [2.05, 4.69) is 0 Å². The number of aliphatic carboxylic acids is 1. The number of anilines is 1. The first-order valence-electron chi connectivity index (χ1n) is 7.70. The summed E-state index contributed by atoms with van der Waals surface area (Å²) in [6.45, 7) is -0.630. The average Bonchev–Trinajstić information content (AvgIpc) is 2.63. The number of non-ortho nitro benzene ring substituents is 1. The zero-order chi connectivity index (χ0) is 18.8. The number of carbonyl (C=O) groups is 3. The minimum Gasteiger partial charge on any atom is -0.482 e. The SMILES string of the molecule is O=C(O)C1COCCN1C(=O)CN1C(=O)COc2ccc([N+](=O)[O-])cc21. The van der Waals surface area contributed by atoms with Crippen LogP contribution in [0.4, 0.5) is 11.4 Å². The van der Waals surface area contributed by atoms with Crippen LogP contribution in [0.2, 0.25) is 0 Å². The van der Waals surface area contributed by atoms with Crippen molar-refractivity contribution in [2.45, 2.75) is 6.04 Å². The first-order chi connectivity index (χ1) is 12.4. The van der Waals surface area contributed by atoms with Gasteiger partial charge in [0, 0.05) is 18.7 Å². The monoisotopic (exact) mass is 365 g/mol. The maximum absolute atomic E-state index is 12.6. The molecule has 1 aromatic rings. The van der Waals surface area contributed by atoms with E-state index in [4.69, 9.17) is 9.47 Å². The second kappa shape index (κ2) is 6.96. The number of fused-ring (bicyclic) bond motifs is 1. The van der Waals surface area contributed by atoms with Crippen LogP contribution < -0.4 is 9.64 Å². The third kappa shape index (κ3) is 3.28. The van der Waals surface area contributed by atoms with Gasteiger partial charge in [-0.3, -0.25) is 24.6 Å². The number of nitrogens with zero attached hydrogens (tertiary/aromatic N) is 3. The molecule has 11 heteroatoms. The Hall–Kier alpha value is -3.21. The Morgan fingerprint density at radius 3 is 2.85 bits per heavy atom. The van der Waals surface area contributed by atoms with Crippen molar-refractivity contribution in [1.82, 2.24) is 4.90 Å². The predicted octanol–water partition coefficient (Wildman–Crippen LogP) is -0.368. The Bertz CT molecular complexity index is 780. The molecule has 2 heterocycles. The van der Waals surface area contributed by atoms with E-state index in [1.54, 1.807) is 0 Å². The van der Waals surface area contributed by atoms with Gasteiger partial charge >= 0.3 is 5.97 Å². The van der Waals surface area contributed by atoms with Gasteiger partial charge in [0.2, 0.25) is 5.91 Å². The Morgan fingerprint density at radius 1 is 1.38 bits per heavy atom. The van der Waals surface area contributed by atoms with Crippen LogP contribution >= 0.6 is 0 Å². The van der Waals surface area contributed by atoms with Gasteiger partial charge in [0.15, 0.2) is 12.6 Å². The quantitative estimate of drug-likeness (QED) is 0.563. The number of benzene rings is 1. The molecule has 1 saturated heterocycles. The van der Waals surface area contributed by atoms with Crippen LogP contribution in [0.5, 0.6) is 5.75 Å². The molecule has 1 aromatic carbocycles. The molecule has 0 bridgehead atoms. The largest absolute Gasteiger partial charge is 0.482 e. The molecule has 0 spiro atoms. The van der Waals surface area contributed by atoms with E-state index in [1.807, 2.05) is 0 Å². The molecule has 138 valence electrons. The number of amides is 2. The molecule has 2 aliphatic rings. The summed E-state index contributed by atoms with van der Waals surface area (Å²) in [6, 6.07) is 2.59. The molecule has 2 amide bonds. The first-order valence-corrected chi connectivity index (χ1v) is 7.70. The second-order valence-corrected chi connectivity index (χ2v) is 5.69. The van der Waals surface area contributed by atoms with Crippen molar-refractivity contribution in [3.63, 3.8) is 0 Å². The molecule has 1 fully saturated rings. The van der Waals surface area contributed by atoms with Crippen molar-refractivity contribution in [3.8, 4) is 5.75 Å². The van der Waals surface area contributed by atoms with E-state index in [1.165, 1.54) is 12.1 Å². The molecule has 26 heavy (non-hydrogen) atoms. The number of morpholine rings is 1. The predicted molar refractivity (Wildman–Crippen MR) is 84.9 cm³/mol. The number of nitro groups is 1. The third-order valence-electron chi connectivity index (χ3n) is 4.12. The van der Waals surface area contributed by atoms with E-state index < -0.39 is 35.3 Å². The smallest absolute Gasteiger partial charge is 0.328 e. The molecular formula is C15H15N3O8. The number of carboxylic acids is 1. The standard InChI is InChI=1S/C15H15N3O8/c19-13(16-3-4-25-7-11(16)15(21)22)6-17-10-5-9(18(23)24)1-2-12(10)26-8-14(17)20/h1-2,5,11H,3-4,6-8H2,(H,21,22). The highest BCUT2D eigenvalue weighted by Crippen LogP contribution is 2.35. The number of nitro benzene ring substituents is 1. The number of carbonyl (C=O) groups excluding carboxylic acids is 2. The number of ether oxygens (including phenoxy) is 2. The Labute approximate surface area is 146 Å². The average molecular weight is 365 g/mol. The van der Waals surface area contributed by atoms with Crippen LogP contribution in [0.3, 0.4) is 0 Å². The van der Waals surface area contributed by atoms with Crippen molar-refractivity contribution < 1.29 is 33.9 Å². The lowest BCUT2D eigenvalue weighted by Crippen LogP contribution is -2.56. The van der Waals surface area contributed by atoms with E-state index in [-0.39, 0.29) is 43.5 Å². The van der Waals surface area contributed by atoms with Gasteiger partial charge in [0.25, 0.3) is 11.6 Å². The summed E-state index contributed by atoms with van der Waals surface area (Å²) in [6.07, 6.45) is 0. The maximum atomic E-state index is 12.6. The first kappa shape index (κ1) is 17.6. The molecule has 1 atom stereocenters. The lowest BCUT2D eigenvalue weighted by molar-refractivity contribution is -0.384. The minimum absolute atomic E-state index is 0.0795. The molecule has 2 aliphatic heterocycles. The van der Waals surface area contributed by atoms with Gasteiger partial charge in [-0.2, -0.15) is 0 Å². The zero-order valence-corrected chi connectivity index (χ0v) is 13.5. The van der Waals surface area contributed by atoms with Crippen LogP contribution in [0.1, 0.15) is 0 Å². The van der Waals surface area contributed by atoms with Crippen LogP contribution in [0.25, 0.3) is 0 Å². The normalized spacial score (nSPS) is 19.5. The van der Waals surface area contributed by atoms with Crippen molar-refractivity contribution in [1.29, 1.82) is 0 Å². The van der Waals surface area contributed by atoms with Gasteiger partial charge in [-0.05, 0) is 6.07 Å². The Morgan fingerprint density at radius 2 is 2.15 bits per heavy atom. The van der Waals surface area contributed by atoms with Crippen LogP contribution in [-0.2, 0) is 19.1 Å². The lowest BCUT2D eigenvalue weighted by atomic mass is 10.2. The highest BCUT2D eigenvalue weighted by Gasteiger charge is 2.36. The highest BCUT2D eigenvalue weighted by atomic mass is 16.6. The van der Waals surface area contributed by atoms with Gasteiger partial charge in [-0.1, -0.05) is 0 Å². The van der Waals surface area contributed by atoms with Gasteiger partial charge < -0.3 is 19.5 Å². The van der Waals surface area contributed by atoms with Gasteiger partial charge in [0.1, 0.15) is 12.3 Å². The van der Waals surface area contributed by atoms with Crippen LogP contribution in [-0.4, -0.2) is 71.7 Å². The fraction of sp³-hybridized carbons (Fsp3) is 0.400. The topological polar surface area (TPSA) is 140 Å². The summed E-state index contributed by atoms with van der Waals surface area (Å²) in [5, 5.41) is 20.2. The van der Waals surface area contributed by atoms with E-state index in [0.29, 0.717) is 0 Å². The zero-order valence-electron chi connectivity index (χ0n) is 13.5. The molecule has 1 N–H and O–H groups in total. The van der Waals surface area contributed by atoms with Gasteiger partial charge in [-0.25, -0.2) is 4.79 Å². The molecule has 0 radical (unpaired) electrons. The number of hydrogen-bond acceptors (Lipinski definition) is 7. The summed E-state index contributed by atoms with van der Waals surface area (Å²) in [5.74, 6) is -2.11. The molecule has 1 unspecified atom stereocenters. The van der Waals surface area contributed by atoms with Crippen molar-refractivity contribution in [2.24, 2.45) is 0 Å². The second-order valence-electron chi connectivity index (χ2n) is 5.69. The van der Waals surface area contributed by atoms with E-state index in [9.17, 15) is 29.6 Å². The number of hydrogen-bond donors (Lipinski definition) is 1. The van der Waals surface area contributed by atoms with Crippen LogP contribution in [0.15, 0.2) is 18.2 Å². The molecule has 3 rings (SSSR count). The Balaban J connectivity index is 1.86. The summed E-state index contributed by atoms with van der Waals surface area (Å²) >= 11 is 0. The highest BCUT2D eigenvalue weighted by molar-refractivity contribution is 6.02. The van der Waals surface area contributed by atoms with E-state index >= 15 is 0 Å². The van der Waals surface area contributed by atoms with Crippen molar-refractivity contribution >= 4 is 29.2 Å². The summed E-state index contributed by atoms with van der Waals surface area (Å²) < 4.78 is 10.3. The lowest BCUT2D eigenvalue weighted by Gasteiger charge is -2.35. The van der Waals surface area contributed by atoms with E-state index in [0.717, 1.165) is 15.9 Å². The van der Waals surface area contributed by atoms with Crippen LogP contribution in [0, 0.1) is 10.1 Å². The van der Waals surface area contributed by atoms with Gasteiger partial charge in [-0.15, -0.1) is 0 Å². The fourth-order valence-corrected chi connectivity index (χ4v) is 2.81.